The lowest BCUT2D eigenvalue weighted by atomic mass is 9.77. The molecule has 1 unspecified atom stereocenters. The third kappa shape index (κ3) is 3.11. The summed E-state index contributed by atoms with van der Waals surface area (Å²) in [5.74, 6) is -0.895. The van der Waals surface area contributed by atoms with Crippen LogP contribution >= 0.6 is 11.3 Å². The molecule has 0 spiro atoms. The number of aryl methyl sites for hydroxylation is 1. The average molecular weight is 308 g/mol. The van der Waals surface area contributed by atoms with Crippen molar-refractivity contribution in [3.63, 3.8) is 0 Å². The molecule has 0 amide bonds. The number of rotatable bonds is 5. The van der Waals surface area contributed by atoms with Gasteiger partial charge in [0, 0.05) is 24.0 Å². The van der Waals surface area contributed by atoms with Gasteiger partial charge in [0.1, 0.15) is 11.2 Å². The zero-order valence-electron chi connectivity index (χ0n) is 11.9. The van der Waals surface area contributed by atoms with Crippen molar-refractivity contribution >= 4 is 17.3 Å². The summed E-state index contributed by atoms with van der Waals surface area (Å²) >= 11 is 1.45. The van der Waals surface area contributed by atoms with Crippen LogP contribution in [0.15, 0.2) is 29.6 Å². The molecule has 1 aromatic carbocycles. The molecule has 0 bridgehead atoms. The summed E-state index contributed by atoms with van der Waals surface area (Å²) in [7, 11) is 1.30. The standard InChI is InChI=1S/C15H17FN2O2S/c1-10-8-21-13(18-10)7-15(9-17,14(19)20-2)11-4-3-5-12(16)6-11/h3-6,8H,7,9,17H2,1-2H3. The molecule has 0 saturated carbocycles. The first-order valence-electron chi connectivity index (χ1n) is 6.47. The number of carbonyl (C=O) groups is 1. The predicted molar refractivity (Wildman–Crippen MR) is 79.7 cm³/mol. The summed E-state index contributed by atoms with van der Waals surface area (Å²) < 4.78 is 18.5. The summed E-state index contributed by atoms with van der Waals surface area (Å²) in [5, 5.41) is 2.67. The quantitative estimate of drug-likeness (QED) is 0.860. The van der Waals surface area contributed by atoms with Crippen molar-refractivity contribution in [2.75, 3.05) is 13.7 Å². The van der Waals surface area contributed by atoms with E-state index in [9.17, 15) is 9.18 Å². The van der Waals surface area contributed by atoms with Crippen molar-refractivity contribution in [2.24, 2.45) is 5.73 Å². The highest BCUT2D eigenvalue weighted by Crippen LogP contribution is 2.31. The molecular weight excluding hydrogens is 291 g/mol. The zero-order chi connectivity index (χ0) is 15.5. The molecule has 4 nitrogen and oxygen atoms in total. The molecular formula is C15H17FN2O2S. The molecule has 2 N–H and O–H groups in total. The topological polar surface area (TPSA) is 65.2 Å². The van der Waals surface area contributed by atoms with Crippen LogP contribution in [0.2, 0.25) is 0 Å². The lowest BCUT2D eigenvalue weighted by molar-refractivity contribution is -0.147. The largest absolute Gasteiger partial charge is 0.468 e. The third-order valence-electron chi connectivity index (χ3n) is 3.42. The monoisotopic (exact) mass is 308 g/mol. The Kier molecular flexibility index (Phi) is 4.69. The number of carbonyl (C=O) groups excluding carboxylic acids is 1. The zero-order valence-corrected chi connectivity index (χ0v) is 12.7. The molecule has 112 valence electrons. The van der Waals surface area contributed by atoms with Gasteiger partial charge in [-0.15, -0.1) is 11.3 Å². The molecule has 0 aliphatic rings. The Morgan fingerprint density at radius 3 is 2.81 bits per heavy atom. The Bertz CT molecular complexity index is 644. The molecule has 0 aliphatic carbocycles. The van der Waals surface area contributed by atoms with Crippen molar-refractivity contribution in [2.45, 2.75) is 18.8 Å². The summed E-state index contributed by atoms with van der Waals surface area (Å²) in [6.07, 6.45) is 0.290. The minimum absolute atomic E-state index is 0.0156. The molecule has 2 aromatic rings. The van der Waals surface area contributed by atoms with Gasteiger partial charge < -0.3 is 10.5 Å². The second kappa shape index (κ2) is 6.32. The van der Waals surface area contributed by atoms with E-state index in [1.165, 1.54) is 30.6 Å². The average Bonchev–Trinajstić information content (AvgIpc) is 2.89. The van der Waals surface area contributed by atoms with E-state index in [1.54, 1.807) is 12.1 Å². The fraction of sp³-hybridized carbons (Fsp3) is 0.333. The maximum atomic E-state index is 13.5. The molecule has 0 fully saturated rings. The van der Waals surface area contributed by atoms with E-state index in [0.717, 1.165) is 10.7 Å². The summed E-state index contributed by atoms with van der Waals surface area (Å²) in [6, 6.07) is 5.90. The molecule has 0 aliphatic heterocycles. The number of aromatic nitrogens is 1. The highest BCUT2D eigenvalue weighted by atomic mass is 32.1. The van der Waals surface area contributed by atoms with Gasteiger partial charge in [-0.2, -0.15) is 0 Å². The number of nitrogens with zero attached hydrogens (tertiary/aromatic N) is 1. The van der Waals surface area contributed by atoms with Crippen LogP contribution in [-0.2, 0) is 21.4 Å². The third-order valence-corrected chi connectivity index (χ3v) is 4.39. The van der Waals surface area contributed by atoms with E-state index in [-0.39, 0.29) is 13.0 Å². The SMILES string of the molecule is COC(=O)C(CN)(Cc1nc(C)cs1)c1cccc(F)c1. The van der Waals surface area contributed by atoms with E-state index in [4.69, 9.17) is 10.5 Å². The van der Waals surface area contributed by atoms with Gasteiger partial charge in [-0.25, -0.2) is 9.37 Å². The summed E-state index contributed by atoms with van der Waals surface area (Å²) in [6.45, 7) is 1.90. The van der Waals surface area contributed by atoms with Gasteiger partial charge in [-0.1, -0.05) is 12.1 Å². The van der Waals surface area contributed by atoms with Crippen molar-refractivity contribution < 1.29 is 13.9 Å². The maximum absolute atomic E-state index is 13.5. The van der Waals surface area contributed by atoms with E-state index >= 15 is 0 Å². The highest BCUT2D eigenvalue weighted by Gasteiger charge is 2.41. The number of thiazole rings is 1. The lowest BCUT2D eigenvalue weighted by Gasteiger charge is -2.29. The van der Waals surface area contributed by atoms with E-state index < -0.39 is 17.2 Å². The highest BCUT2D eigenvalue weighted by molar-refractivity contribution is 7.09. The normalized spacial score (nSPS) is 13.7. The fourth-order valence-electron chi connectivity index (χ4n) is 2.29. The van der Waals surface area contributed by atoms with E-state index in [0.29, 0.717) is 5.56 Å². The molecule has 6 heteroatoms. The number of hydrogen-bond acceptors (Lipinski definition) is 5. The smallest absolute Gasteiger partial charge is 0.318 e. The number of hydrogen-bond donors (Lipinski definition) is 1. The second-order valence-electron chi connectivity index (χ2n) is 4.85. The van der Waals surface area contributed by atoms with Crippen molar-refractivity contribution in [1.82, 2.24) is 4.98 Å². The first-order chi connectivity index (χ1) is 10.0. The first kappa shape index (κ1) is 15.6. The Labute approximate surface area is 126 Å². The van der Waals surface area contributed by atoms with E-state index in [2.05, 4.69) is 4.98 Å². The molecule has 2 rings (SSSR count). The Morgan fingerprint density at radius 2 is 2.29 bits per heavy atom. The molecule has 0 radical (unpaired) electrons. The van der Waals surface area contributed by atoms with Crippen LogP contribution in [-0.4, -0.2) is 24.6 Å². The Morgan fingerprint density at radius 1 is 1.52 bits per heavy atom. The molecule has 21 heavy (non-hydrogen) atoms. The predicted octanol–water partition coefficient (Wildman–Crippen LogP) is 2.20. The minimum atomic E-state index is -1.12. The van der Waals surface area contributed by atoms with Crippen LogP contribution in [0.1, 0.15) is 16.3 Å². The number of esters is 1. The van der Waals surface area contributed by atoms with Crippen molar-refractivity contribution in [3.8, 4) is 0 Å². The van der Waals surface area contributed by atoms with Crippen molar-refractivity contribution in [1.29, 1.82) is 0 Å². The number of ether oxygens (including phenoxy) is 1. The van der Waals surface area contributed by atoms with Crippen LogP contribution in [0.5, 0.6) is 0 Å². The van der Waals surface area contributed by atoms with Crippen LogP contribution in [0, 0.1) is 12.7 Å². The van der Waals surface area contributed by atoms with Crippen LogP contribution < -0.4 is 5.73 Å². The number of nitrogens with two attached hydrogens (primary N) is 1. The molecule has 1 aromatic heterocycles. The number of halogens is 1. The summed E-state index contributed by atoms with van der Waals surface area (Å²) in [5.41, 5.74) is 6.13. The van der Waals surface area contributed by atoms with Gasteiger partial charge >= 0.3 is 5.97 Å². The number of methoxy groups -OCH3 is 1. The summed E-state index contributed by atoms with van der Waals surface area (Å²) in [4.78, 5) is 16.7. The Balaban J connectivity index is 2.50. The van der Waals surface area contributed by atoms with Crippen molar-refractivity contribution in [3.05, 3.63) is 51.7 Å². The van der Waals surface area contributed by atoms with Gasteiger partial charge in [-0.05, 0) is 24.6 Å². The van der Waals surface area contributed by atoms with Crippen LogP contribution in [0.3, 0.4) is 0 Å². The van der Waals surface area contributed by atoms with Crippen LogP contribution in [0.4, 0.5) is 4.39 Å². The van der Waals surface area contributed by atoms with Gasteiger partial charge in [0.15, 0.2) is 0 Å². The lowest BCUT2D eigenvalue weighted by Crippen LogP contribution is -2.45. The maximum Gasteiger partial charge on any atom is 0.318 e. The molecule has 0 saturated heterocycles. The minimum Gasteiger partial charge on any atom is -0.468 e. The number of benzene rings is 1. The molecule has 1 atom stereocenters. The first-order valence-corrected chi connectivity index (χ1v) is 7.35. The second-order valence-corrected chi connectivity index (χ2v) is 5.79. The van der Waals surface area contributed by atoms with E-state index in [1.807, 2.05) is 12.3 Å². The molecule has 1 heterocycles. The van der Waals surface area contributed by atoms with Crippen LogP contribution in [0.25, 0.3) is 0 Å². The van der Waals surface area contributed by atoms with Gasteiger partial charge in [0.2, 0.25) is 0 Å². The Hall–Kier alpha value is -1.79. The fourth-order valence-corrected chi connectivity index (χ4v) is 3.17. The van der Waals surface area contributed by atoms with Gasteiger partial charge in [0.25, 0.3) is 0 Å². The van der Waals surface area contributed by atoms with Gasteiger partial charge in [-0.3, -0.25) is 4.79 Å². The van der Waals surface area contributed by atoms with Gasteiger partial charge in [0.05, 0.1) is 12.1 Å².